The lowest BCUT2D eigenvalue weighted by Gasteiger charge is -2.26. The van der Waals surface area contributed by atoms with Gasteiger partial charge in [-0.05, 0) is 36.8 Å². The molecule has 0 saturated carbocycles. The van der Waals surface area contributed by atoms with Gasteiger partial charge in [0.15, 0.2) is 12.4 Å². The molecule has 1 aliphatic heterocycles. The monoisotopic (exact) mass is 500 g/mol. The van der Waals surface area contributed by atoms with Crippen LogP contribution in [-0.4, -0.2) is 62.6 Å². The number of morpholine rings is 1. The second-order valence-electron chi connectivity index (χ2n) is 7.51. The van der Waals surface area contributed by atoms with Crippen LogP contribution in [0, 0.1) is 18.6 Å². The summed E-state index contributed by atoms with van der Waals surface area (Å²) in [5.74, 6) is -2.92. The van der Waals surface area contributed by atoms with Crippen LogP contribution >= 0.6 is 0 Å². The van der Waals surface area contributed by atoms with E-state index in [1.807, 2.05) is 0 Å². The SMILES string of the molecule is Cc1cc(F)ccc1NC(=O)c1cc(F)c(N(C)/N=C2/COCCN2C=O)cc1OCC(F)(F)F. The molecule has 3 rings (SSSR count). The molecule has 13 heteroatoms. The van der Waals surface area contributed by atoms with E-state index >= 15 is 0 Å². The van der Waals surface area contributed by atoms with Crippen molar-refractivity contribution in [1.82, 2.24) is 4.90 Å². The van der Waals surface area contributed by atoms with Crippen LogP contribution in [0.4, 0.5) is 33.3 Å². The van der Waals surface area contributed by atoms with Crippen LogP contribution in [0.2, 0.25) is 0 Å². The third-order valence-corrected chi connectivity index (χ3v) is 4.90. The first kappa shape index (κ1) is 25.9. The first-order valence-corrected chi connectivity index (χ1v) is 10.2. The normalized spacial score (nSPS) is 15.2. The van der Waals surface area contributed by atoms with E-state index in [0.29, 0.717) is 18.0 Å². The van der Waals surface area contributed by atoms with Crippen molar-refractivity contribution in [2.75, 3.05) is 43.7 Å². The predicted octanol–water partition coefficient (Wildman–Crippen LogP) is 3.70. The Hall–Kier alpha value is -3.74. The summed E-state index contributed by atoms with van der Waals surface area (Å²) in [5, 5.41) is 7.49. The Morgan fingerprint density at radius 2 is 2.03 bits per heavy atom. The molecule has 0 radical (unpaired) electrons. The van der Waals surface area contributed by atoms with E-state index in [1.54, 1.807) is 0 Å². The Morgan fingerprint density at radius 1 is 1.29 bits per heavy atom. The summed E-state index contributed by atoms with van der Waals surface area (Å²) >= 11 is 0. The van der Waals surface area contributed by atoms with Gasteiger partial charge in [0.05, 0.1) is 24.4 Å². The van der Waals surface area contributed by atoms with Gasteiger partial charge in [-0.25, -0.2) is 8.78 Å². The lowest BCUT2D eigenvalue weighted by molar-refractivity contribution is -0.153. The minimum Gasteiger partial charge on any atom is -0.483 e. The van der Waals surface area contributed by atoms with Gasteiger partial charge in [-0.3, -0.25) is 19.5 Å². The molecule has 0 bridgehead atoms. The summed E-state index contributed by atoms with van der Waals surface area (Å²) < 4.78 is 76.8. The van der Waals surface area contributed by atoms with E-state index in [-0.39, 0.29) is 37.0 Å². The number of carbonyl (C=O) groups excluding carboxylic acids is 2. The maximum Gasteiger partial charge on any atom is 0.422 e. The molecule has 1 N–H and O–H groups in total. The highest BCUT2D eigenvalue weighted by Crippen LogP contribution is 2.31. The van der Waals surface area contributed by atoms with Crippen molar-refractivity contribution >= 4 is 29.5 Å². The van der Waals surface area contributed by atoms with E-state index < -0.39 is 41.6 Å². The molecule has 1 aliphatic rings. The molecule has 1 saturated heterocycles. The van der Waals surface area contributed by atoms with Gasteiger partial charge >= 0.3 is 6.18 Å². The summed E-state index contributed by atoms with van der Waals surface area (Å²) in [6.07, 6.45) is -4.21. The highest BCUT2D eigenvalue weighted by atomic mass is 19.4. The molecule has 0 spiro atoms. The highest BCUT2D eigenvalue weighted by molar-refractivity contribution is 6.07. The smallest absolute Gasteiger partial charge is 0.422 e. The molecule has 0 atom stereocenters. The fourth-order valence-electron chi connectivity index (χ4n) is 3.17. The fraction of sp³-hybridized carbons (Fsp3) is 0.318. The van der Waals surface area contributed by atoms with Crippen LogP contribution in [-0.2, 0) is 9.53 Å². The third kappa shape index (κ3) is 6.66. The molecule has 2 aromatic rings. The second kappa shape index (κ2) is 10.7. The van der Waals surface area contributed by atoms with Gasteiger partial charge in [0.25, 0.3) is 5.91 Å². The summed E-state index contributed by atoms with van der Waals surface area (Å²) in [4.78, 5) is 25.2. The maximum absolute atomic E-state index is 15.0. The summed E-state index contributed by atoms with van der Waals surface area (Å²) in [6, 6.07) is 5.09. The number of hydrogen-bond acceptors (Lipinski definition) is 6. The standard InChI is InChI=1S/C22H21F5N4O4/c1-13-7-14(23)3-4-17(13)28-21(33)15-8-16(24)18(9-19(15)35-11-22(25,26)27)30(2)29-20-10-34-6-5-31(20)12-32/h3-4,7-9,12H,5-6,10-11H2,1-2H3,(H,28,33)/b29-20-. The van der Waals surface area contributed by atoms with E-state index in [9.17, 15) is 31.5 Å². The number of nitrogens with zero attached hydrogens (tertiary/aromatic N) is 3. The Labute approximate surface area is 196 Å². The minimum atomic E-state index is -4.73. The van der Waals surface area contributed by atoms with Crippen molar-refractivity contribution in [3.8, 4) is 5.75 Å². The van der Waals surface area contributed by atoms with Gasteiger partial charge in [0, 0.05) is 18.8 Å². The van der Waals surface area contributed by atoms with Gasteiger partial charge in [-0.15, -0.1) is 0 Å². The molecular formula is C22H21F5N4O4. The molecule has 1 fully saturated rings. The lowest BCUT2D eigenvalue weighted by atomic mass is 10.1. The Balaban J connectivity index is 1.96. The molecule has 35 heavy (non-hydrogen) atoms. The lowest BCUT2D eigenvalue weighted by Crippen LogP contribution is -2.42. The van der Waals surface area contributed by atoms with Crippen molar-refractivity contribution in [3.05, 3.63) is 53.1 Å². The van der Waals surface area contributed by atoms with Gasteiger partial charge in [-0.1, -0.05) is 0 Å². The first-order valence-electron chi connectivity index (χ1n) is 10.2. The van der Waals surface area contributed by atoms with Gasteiger partial charge in [0.1, 0.15) is 24.0 Å². The summed E-state index contributed by atoms with van der Waals surface area (Å²) in [7, 11) is 1.30. The van der Waals surface area contributed by atoms with Crippen molar-refractivity contribution in [2.24, 2.45) is 5.10 Å². The van der Waals surface area contributed by atoms with Crippen LogP contribution < -0.4 is 15.1 Å². The largest absolute Gasteiger partial charge is 0.483 e. The Bertz CT molecular complexity index is 1140. The molecule has 0 unspecified atom stereocenters. The zero-order chi connectivity index (χ0) is 25.8. The molecule has 8 nitrogen and oxygen atoms in total. The van der Waals surface area contributed by atoms with E-state index in [2.05, 4.69) is 10.4 Å². The molecule has 0 aromatic heterocycles. The fourth-order valence-corrected chi connectivity index (χ4v) is 3.17. The van der Waals surface area contributed by atoms with Gasteiger partial charge in [0.2, 0.25) is 6.41 Å². The molecule has 1 heterocycles. The molecule has 188 valence electrons. The van der Waals surface area contributed by atoms with Crippen LogP contribution in [0.25, 0.3) is 0 Å². The second-order valence-corrected chi connectivity index (χ2v) is 7.51. The van der Waals surface area contributed by atoms with Crippen molar-refractivity contribution in [3.63, 3.8) is 0 Å². The zero-order valence-corrected chi connectivity index (χ0v) is 18.7. The van der Waals surface area contributed by atoms with E-state index in [4.69, 9.17) is 9.47 Å². The number of rotatable bonds is 7. The Morgan fingerprint density at radius 3 is 2.69 bits per heavy atom. The number of halogens is 5. The topological polar surface area (TPSA) is 83.5 Å². The summed E-state index contributed by atoms with van der Waals surface area (Å²) in [5.41, 5.74) is -0.313. The minimum absolute atomic E-state index is 0.0420. The Kier molecular flexibility index (Phi) is 7.89. The maximum atomic E-state index is 15.0. The number of amidine groups is 1. The number of amides is 2. The predicted molar refractivity (Wildman–Crippen MR) is 116 cm³/mol. The number of alkyl halides is 3. The number of hydrogen-bond donors (Lipinski definition) is 1. The number of nitrogens with one attached hydrogen (secondary N) is 1. The van der Waals surface area contributed by atoms with Crippen molar-refractivity contribution in [2.45, 2.75) is 13.1 Å². The number of hydrazone groups is 1. The molecule has 2 amide bonds. The average Bonchev–Trinajstić information content (AvgIpc) is 2.79. The van der Waals surface area contributed by atoms with Crippen LogP contribution in [0.15, 0.2) is 35.4 Å². The number of carbonyl (C=O) groups is 2. The summed E-state index contributed by atoms with van der Waals surface area (Å²) in [6.45, 7) is 0.233. The highest BCUT2D eigenvalue weighted by Gasteiger charge is 2.30. The van der Waals surface area contributed by atoms with Crippen molar-refractivity contribution in [1.29, 1.82) is 0 Å². The number of benzene rings is 2. The van der Waals surface area contributed by atoms with Gasteiger partial charge < -0.3 is 14.8 Å². The third-order valence-electron chi connectivity index (χ3n) is 4.90. The zero-order valence-electron chi connectivity index (χ0n) is 18.7. The van der Waals surface area contributed by atoms with E-state index in [0.717, 1.165) is 23.2 Å². The van der Waals surface area contributed by atoms with Crippen LogP contribution in [0.3, 0.4) is 0 Å². The molecule has 2 aromatic carbocycles. The number of anilines is 2. The van der Waals surface area contributed by atoms with E-state index in [1.165, 1.54) is 24.9 Å². The van der Waals surface area contributed by atoms with Crippen LogP contribution in [0.1, 0.15) is 15.9 Å². The quantitative estimate of drug-likeness (QED) is 0.356. The van der Waals surface area contributed by atoms with Gasteiger partial charge in [-0.2, -0.15) is 18.3 Å². The molecular weight excluding hydrogens is 479 g/mol. The molecule has 0 aliphatic carbocycles. The number of aryl methyl sites for hydroxylation is 1. The average molecular weight is 500 g/mol. The first-order chi connectivity index (χ1) is 16.5. The number of ether oxygens (including phenoxy) is 2. The van der Waals surface area contributed by atoms with Crippen molar-refractivity contribution < 1.29 is 41.0 Å². The van der Waals surface area contributed by atoms with Crippen LogP contribution in [0.5, 0.6) is 5.75 Å².